The smallest absolute Gasteiger partial charge is 0.139 e. The number of nitrogens with two attached hydrogens (primary N) is 1. The van der Waals surface area contributed by atoms with Crippen LogP contribution in [-0.4, -0.2) is 11.0 Å². The highest BCUT2D eigenvalue weighted by molar-refractivity contribution is 5.79. The summed E-state index contributed by atoms with van der Waals surface area (Å²) in [5.74, 6) is 0.355. The quantitative estimate of drug-likeness (QED) is 0.201. The van der Waals surface area contributed by atoms with E-state index in [1.54, 1.807) is 0 Å². The van der Waals surface area contributed by atoms with Crippen LogP contribution in [0.15, 0.2) is 5.16 Å². The number of oxime groups is 1. The van der Waals surface area contributed by atoms with Crippen molar-refractivity contribution in [2.24, 2.45) is 10.9 Å². The van der Waals surface area contributed by atoms with Gasteiger partial charge in [0, 0.05) is 6.42 Å². The van der Waals surface area contributed by atoms with Gasteiger partial charge < -0.3 is 10.9 Å². The van der Waals surface area contributed by atoms with E-state index < -0.39 is 0 Å². The summed E-state index contributed by atoms with van der Waals surface area (Å²) in [6, 6.07) is 0. The molecule has 0 aromatic carbocycles. The van der Waals surface area contributed by atoms with Crippen LogP contribution in [0.4, 0.5) is 0 Å². The lowest BCUT2D eigenvalue weighted by Gasteiger charge is -2.00. The van der Waals surface area contributed by atoms with E-state index in [1.165, 1.54) is 38.5 Å². The lowest BCUT2D eigenvalue weighted by Crippen LogP contribution is -2.10. The molecule has 13 heavy (non-hydrogen) atoms. The highest BCUT2D eigenvalue weighted by atomic mass is 16.4. The lowest BCUT2D eigenvalue weighted by atomic mass is 10.1. The third kappa shape index (κ3) is 9.18. The zero-order chi connectivity index (χ0) is 9.94. The van der Waals surface area contributed by atoms with Crippen molar-refractivity contribution in [2.45, 2.75) is 58.3 Å². The Hall–Kier alpha value is -0.730. The number of hydrogen-bond acceptors (Lipinski definition) is 2. The molecule has 0 saturated heterocycles. The van der Waals surface area contributed by atoms with Gasteiger partial charge in [-0.15, -0.1) is 0 Å². The Morgan fingerprint density at radius 1 is 1.08 bits per heavy atom. The van der Waals surface area contributed by atoms with E-state index in [4.69, 9.17) is 10.9 Å². The number of rotatable bonds is 8. The Morgan fingerprint density at radius 3 is 2.15 bits per heavy atom. The molecule has 0 aromatic heterocycles. The van der Waals surface area contributed by atoms with Crippen LogP contribution >= 0.6 is 0 Å². The van der Waals surface area contributed by atoms with Crippen LogP contribution in [0.2, 0.25) is 0 Å². The Bertz CT molecular complexity index is 135. The van der Waals surface area contributed by atoms with Gasteiger partial charge in [0.1, 0.15) is 5.84 Å². The molecule has 3 N–H and O–H groups in total. The van der Waals surface area contributed by atoms with Crippen LogP contribution in [-0.2, 0) is 0 Å². The Morgan fingerprint density at radius 2 is 1.62 bits per heavy atom. The van der Waals surface area contributed by atoms with Crippen molar-refractivity contribution in [1.29, 1.82) is 0 Å². The zero-order valence-electron chi connectivity index (χ0n) is 8.63. The number of hydrogen-bond donors (Lipinski definition) is 2. The van der Waals surface area contributed by atoms with Crippen LogP contribution < -0.4 is 5.73 Å². The molecule has 0 radical (unpaired) electrons. The fourth-order valence-corrected chi connectivity index (χ4v) is 1.31. The second-order valence-electron chi connectivity index (χ2n) is 3.46. The van der Waals surface area contributed by atoms with Crippen molar-refractivity contribution < 1.29 is 5.21 Å². The van der Waals surface area contributed by atoms with Gasteiger partial charge in [-0.05, 0) is 6.42 Å². The monoisotopic (exact) mass is 186 g/mol. The van der Waals surface area contributed by atoms with Crippen LogP contribution in [0, 0.1) is 0 Å². The molecule has 78 valence electrons. The van der Waals surface area contributed by atoms with E-state index in [-0.39, 0.29) is 0 Å². The SMILES string of the molecule is CCCCCCCCC/C(N)=N\O. The summed E-state index contributed by atoms with van der Waals surface area (Å²) in [4.78, 5) is 0. The van der Waals surface area contributed by atoms with Gasteiger partial charge in [-0.1, -0.05) is 50.6 Å². The summed E-state index contributed by atoms with van der Waals surface area (Å²) >= 11 is 0. The van der Waals surface area contributed by atoms with E-state index in [2.05, 4.69) is 12.1 Å². The Balaban J connectivity index is 3.00. The number of unbranched alkanes of at least 4 members (excludes halogenated alkanes) is 6. The van der Waals surface area contributed by atoms with E-state index >= 15 is 0 Å². The third-order valence-corrected chi connectivity index (χ3v) is 2.16. The van der Waals surface area contributed by atoms with Gasteiger partial charge in [-0.2, -0.15) is 0 Å². The first-order valence-corrected chi connectivity index (χ1v) is 5.27. The molecule has 0 aliphatic rings. The highest BCUT2D eigenvalue weighted by Gasteiger charge is 1.93. The molecule has 0 aliphatic carbocycles. The minimum atomic E-state index is 0.355. The third-order valence-electron chi connectivity index (χ3n) is 2.16. The second-order valence-corrected chi connectivity index (χ2v) is 3.46. The van der Waals surface area contributed by atoms with E-state index in [0.717, 1.165) is 12.8 Å². The summed E-state index contributed by atoms with van der Waals surface area (Å²) < 4.78 is 0. The summed E-state index contributed by atoms with van der Waals surface area (Å²) in [6.07, 6.45) is 9.55. The first-order chi connectivity index (χ1) is 6.31. The molecule has 3 nitrogen and oxygen atoms in total. The standard InChI is InChI=1S/C10H22N2O/c1-2-3-4-5-6-7-8-9-10(11)12-13/h13H,2-9H2,1H3,(H2,11,12). The maximum Gasteiger partial charge on any atom is 0.139 e. The number of nitrogens with zero attached hydrogens (tertiary/aromatic N) is 1. The lowest BCUT2D eigenvalue weighted by molar-refractivity contribution is 0.316. The fourth-order valence-electron chi connectivity index (χ4n) is 1.31. The molecule has 0 saturated carbocycles. The first kappa shape index (κ1) is 12.3. The number of amidine groups is 1. The molecular formula is C10H22N2O. The Labute approximate surface area is 81.0 Å². The molecule has 0 bridgehead atoms. The van der Waals surface area contributed by atoms with Crippen molar-refractivity contribution in [3.8, 4) is 0 Å². The average Bonchev–Trinajstić information content (AvgIpc) is 2.16. The molecule has 0 rings (SSSR count). The topological polar surface area (TPSA) is 58.6 Å². The van der Waals surface area contributed by atoms with E-state index in [1.807, 2.05) is 0 Å². The predicted molar refractivity (Wildman–Crippen MR) is 56.0 cm³/mol. The van der Waals surface area contributed by atoms with Crippen LogP contribution in [0.3, 0.4) is 0 Å². The van der Waals surface area contributed by atoms with Crippen molar-refractivity contribution in [3.63, 3.8) is 0 Å². The van der Waals surface area contributed by atoms with Gasteiger partial charge in [-0.25, -0.2) is 0 Å². The molecular weight excluding hydrogens is 164 g/mol. The molecule has 0 aliphatic heterocycles. The summed E-state index contributed by atoms with van der Waals surface area (Å²) in [7, 11) is 0. The molecule has 0 heterocycles. The molecule has 0 spiro atoms. The van der Waals surface area contributed by atoms with Gasteiger partial charge in [0.2, 0.25) is 0 Å². The van der Waals surface area contributed by atoms with Gasteiger partial charge in [0.15, 0.2) is 0 Å². The molecule has 0 atom stereocenters. The Kier molecular flexibility index (Phi) is 8.83. The van der Waals surface area contributed by atoms with Crippen molar-refractivity contribution in [3.05, 3.63) is 0 Å². The van der Waals surface area contributed by atoms with Gasteiger partial charge >= 0.3 is 0 Å². The fraction of sp³-hybridized carbons (Fsp3) is 0.900. The average molecular weight is 186 g/mol. The van der Waals surface area contributed by atoms with Gasteiger partial charge in [-0.3, -0.25) is 0 Å². The minimum absolute atomic E-state index is 0.355. The predicted octanol–water partition coefficient (Wildman–Crippen LogP) is 2.87. The maximum atomic E-state index is 8.27. The summed E-state index contributed by atoms with van der Waals surface area (Å²) in [6.45, 7) is 2.22. The van der Waals surface area contributed by atoms with Crippen molar-refractivity contribution >= 4 is 5.84 Å². The second kappa shape index (κ2) is 9.36. The molecule has 0 amide bonds. The molecule has 3 heteroatoms. The van der Waals surface area contributed by atoms with Crippen LogP contribution in [0.25, 0.3) is 0 Å². The van der Waals surface area contributed by atoms with Gasteiger partial charge in [0.25, 0.3) is 0 Å². The highest BCUT2D eigenvalue weighted by Crippen LogP contribution is 2.07. The normalized spacial score (nSPS) is 11.9. The minimum Gasteiger partial charge on any atom is -0.409 e. The van der Waals surface area contributed by atoms with Crippen LogP contribution in [0.1, 0.15) is 58.3 Å². The largest absolute Gasteiger partial charge is 0.409 e. The zero-order valence-corrected chi connectivity index (χ0v) is 8.63. The summed E-state index contributed by atoms with van der Waals surface area (Å²) in [5, 5.41) is 11.2. The van der Waals surface area contributed by atoms with E-state index in [9.17, 15) is 0 Å². The van der Waals surface area contributed by atoms with Crippen LogP contribution in [0.5, 0.6) is 0 Å². The van der Waals surface area contributed by atoms with E-state index in [0.29, 0.717) is 5.84 Å². The molecule has 0 unspecified atom stereocenters. The van der Waals surface area contributed by atoms with Crippen molar-refractivity contribution in [2.75, 3.05) is 0 Å². The maximum absolute atomic E-state index is 8.27. The van der Waals surface area contributed by atoms with Gasteiger partial charge in [0.05, 0.1) is 0 Å². The van der Waals surface area contributed by atoms with Crippen molar-refractivity contribution in [1.82, 2.24) is 0 Å². The molecule has 0 fully saturated rings. The summed E-state index contributed by atoms with van der Waals surface area (Å²) in [5.41, 5.74) is 5.34. The molecule has 0 aromatic rings. The first-order valence-electron chi connectivity index (χ1n) is 5.27.